The third kappa shape index (κ3) is 2.40. The van der Waals surface area contributed by atoms with Crippen molar-refractivity contribution in [3.8, 4) is 0 Å². The van der Waals surface area contributed by atoms with E-state index in [0.29, 0.717) is 0 Å². The largest absolute Gasteiger partial charge is 0.435 e. The first-order chi connectivity index (χ1) is 4.15. The molecule has 0 atom stereocenters. The zero-order valence-corrected chi connectivity index (χ0v) is 4.15. The molecule has 0 aliphatic carbocycles. The van der Waals surface area contributed by atoms with Gasteiger partial charge in [0.05, 0.1) is 0 Å². The fourth-order valence-electron chi connectivity index (χ4n) is 0.161. The third-order valence-corrected chi connectivity index (χ3v) is 0.498. The van der Waals surface area contributed by atoms with Crippen molar-refractivity contribution in [2.75, 3.05) is 0 Å². The van der Waals surface area contributed by atoms with E-state index < -0.39 is 18.5 Å². The summed E-state index contributed by atoms with van der Waals surface area (Å²) in [5.74, 6) is 0. The molecule has 61 valence electrons. The van der Waals surface area contributed by atoms with Gasteiger partial charge in [-0.3, -0.25) is 0 Å². The van der Waals surface area contributed by atoms with Crippen LogP contribution >= 0.6 is 0 Å². The highest BCUT2D eigenvalue weighted by molar-refractivity contribution is 4.93. The Bertz CT molecular complexity index is 93.0. The highest BCUT2D eigenvalue weighted by Crippen LogP contribution is 2.41. The van der Waals surface area contributed by atoms with Crippen molar-refractivity contribution in [1.29, 1.82) is 0 Å². The van der Waals surface area contributed by atoms with Gasteiger partial charge in [-0.2, -0.15) is 26.3 Å². The lowest BCUT2D eigenvalue weighted by Gasteiger charge is -2.12. The van der Waals surface area contributed by atoms with E-state index in [1.165, 1.54) is 0 Å². The summed E-state index contributed by atoms with van der Waals surface area (Å²) in [6.07, 6.45) is -15.8. The number of alkyl halides is 6. The molecule has 0 N–H and O–H groups in total. The van der Waals surface area contributed by atoms with Crippen molar-refractivity contribution in [1.82, 2.24) is 0 Å². The monoisotopic (exact) mass is 169 g/mol. The van der Waals surface area contributed by atoms with Crippen molar-refractivity contribution >= 4 is 0 Å². The fraction of sp³-hybridized carbons (Fsp3) is 0.667. The summed E-state index contributed by atoms with van der Waals surface area (Å²) in [5, 5.41) is 0. The average Bonchev–Trinajstić information content (AvgIpc) is 1.59. The van der Waals surface area contributed by atoms with Gasteiger partial charge < -0.3 is 0 Å². The van der Waals surface area contributed by atoms with Crippen LogP contribution in [0.25, 0.3) is 0 Å². The SMILES string of the molecule is F[C](C(F)(F)F)C(F)(F)F. The maximum atomic E-state index is 11.1. The summed E-state index contributed by atoms with van der Waals surface area (Å²) < 4.78 is 76.0. The van der Waals surface area contributed by atoms with E-state index in [0.717, 1.165) is 0 Å². The Kier molecular flexibility index (Phi) is 2.17. The molecule has 10 heavy (non-hydrogen) atoms. The summed E-state index contributed by atoms with van der Waals surface area (Å²) in [5.41, 5.74) is 0. The molecule has 7 heteroatoms. The van der Waals surface area contributed by atoms with Gasteiger partial charge in [0.1, 0.15) is 0 Å². The minimum Gasteiger partial charge on any atom is -0.219 e. The van der Waals surface area contributed by atoms with Gasteiger partial charge in [-0.15, -0.1) is 0 Å². The number of hydrogen-bond acceptors (Lipinski definition) is 0. The van der Waals surface area contributed by atoms with Crippen LogP contribution in [-0.2, 0) is 0 Å². The first kappa shape index (κ1) is 9.51. The minimum absolute atomic E-state index is 3.93. The summed E-state index contributed by atoms with van der Waals surface area (Å²) in [4.78, 5) is 0. The van der Waals surface area contributed by atoms with E-state index in [1.54, 1.807) is 0 Å². The zero-order valence-electron chi connectivity index (χ0n) is 4.15. The van der Waals surface area contributed by atoms with Crippen LogP contribution in [0, 0.1) is 6.17 Å². The summed E-state index contributed by atoms with van der Waals surface area (Å²) >= 11 is 0. The van der Waals surface area contributed by atoms with Gasteiger partial charge in [-0.05, 0) is 0 Å². The van der Waals surface area contributed by atoms with Crippen LogP contribution in [0.1, 0.15) is 0 Å². The van der Waals surface area contributed by atoms with Crippen molar-refractivity contribution < 1.29 is 30.7 Å². The van der Waals surface area contributed by atoms with Crippen LogP contribution in [-0.4, -0.2) is 12.4 Å². The van der Waals surface area contributed by atoms with Gasteiger partial charge in [0, 0.05) is 0 Å². The molecule has 0 aromatic rings. The second kappa shape index (κ2) is 2.28. The fourth-order valence-corrected chi connectivity index (χ4v) is 0.161. The van der Waals surface area contributed by atoms with E-state index >= 15 is 0 Å². The van der Waals surface area contributed by atoms with E-state index in [2.05, 4.69) is 0 Å². The molecule has 0 unspecified atom stereocenters. The molecule has 0 saturated heterocycles. The molecular formula is C3F7. The maximum absolute atomic E-state index is 11.1. The molecule has 0 fully saturated rings. The minimum atomic E-state index is -5.93. The van der Waals surface area contributed by atoms with Gasteiger partial charge in [-0.25, -0.2) is 4.39 Å². The van der Waals surface area contributed by atoms with E-state index in [1.807, 2.05) is 0 Å². The molecule has 0 spiro atoms. The zero-order chi connectivity index (χ0) is 8.58. The smallest absolute Gasteiger partial charge is 0.219 e. The molecule has 0 saturated carbocycles. The molecule has 0 aromatic carbocycles. The quantitative estimate of drug-likeness (QED) is 0.489. The van der Waals surface area contributed by atoms with Gasteiger partial charge in [0.25, 0.3) is 0 Å². The Hall–Kier alpha value is -0.490. The Labute approximate surface area is 50.6 Å². The Balaban J connectivity index is 4.23. The predicted molar refractivity (Wildman–Crippen MR) is 16.5 cm³/mol. The molecule has 1 radical (unpaired) electrons. The van der Waals surface area contributed by atoms with Gasteiger partial charge in [0.15, 0.2) is 0 Å². The van der Waals surface area contributed by atoms with Gasteiger partial charge in [0.2, 0.25) is 0 Å². The molecule has 0 nitrogen and oxygen atoms in total. The predicted octanol–water partition coefficient (Wildman–Crippen LogP) is 2.61. The van der Waals surface area contributed by atoms with Crippen LogP contribution in [0.15, 0.2) is 0 Å². The Morgan fingerprint density at radius 3 is 0.900 bits per heavy atom. The normalized spacial score (nSPS) is 14.4. The van der Waals surface area contributed by atoms with Crippen molar-refractivity contribution in [2.45, 2.75) is 12.4 Å². The van der Waals surface area contributed by atoms with Gasteiger partial charge >= 0.3 is 18.5 Å². The standard InChI is InChI=1S/C3F7/c4-1(2(5,6)7)3(8,9)10. The van der Waals surface area contributed by atoms with Crippen LogP contribution in [0.4, 0.5) is 30.7 Å². The second-order valence-corrected chi connectivity index (χ2v) is 1.31. The van der Waals surface area contributed by atoms with E-state index in [-0.39, 0.29) is 0 Å². The Morgan fingerprint density at radius 2 is 0.900 bits per heavy atom. The maximum Gasteiger partial charge on any atom is 0.435 e. The lowest BCUT2D eigenvalue weighted by molar-refractivity contribution is -0.233. The van der Waals surface area contributed by atoms with E-state index in [4.69, 9.17) is 0 Å². The average molecular weight is 169 g/mol. The topological polar surface area (TPSA) is 0 Å². The second-order valence-electron chi connectivity index (χ2n) is 1.31. The summed E-state index contributed by atoms with van der Waals surface area (Å²) in [7, 11) is 0. The van der Waals surface area contributed by atoms with Crippen LogP contribution in [0.5, 0.6) is 0 Å². The molecule has 0 amide bonds. The number of halogens is 7. The lowest BCUT2D eigenvalue weighted by atomic mass is 10.4. The highest BCUT2D eigenvalue weighted by atomic mass is 19.4. The molecular weight excluding hydrogens is 169 g/mol. The van der Waals surface area contributed by atoms with Crippen LogP contribution in [0.2, 0.25) is 0 Å². The van der Waals surface area contributed by atoms with Crippen molar-refractivity contribution in [3.05, 3.63) is 6.17 Å². The van der Waals surface area contributed by atoms with Gasteiger partial charge in [-0.1, -0.05) is 0 Å². The Morgan fingerprint density at radius 1 is 0.700 bits per heavy atom. The van der Waals surface area contributed by atoms with E-state index in [9.17, 15) is 30.7 Å². The third-order valence-electron chi connectivity index (χ3n) is 0.498. The summed E-state index contributed by atoms with van der Waals surface area (Å²) in [6.45, 7) is 0. The van der Waals surface area contributed by atoms with Crippen molar-refractivity contribution in [3.63, 3.8) is 0 Å². The van der Waals surface area contributed by atoms with Crippen molar-refractivity contribution in [2.24, 2.45) is 0 Å². The number of hydrogen-bond donors (Lipinski definition) is 0. The van der Waals surface area contributed by atoms with Crippen LogP contribution < -0.4 is 0 Å². The number of rotatable bonds is 0. The first-order valence-corrected chi connectivity index (χ1v) is 1.82. The molecule has 0 aliphatic rings. The molecule has 0 bridgehead atoms. The lowest BCUT2D eigenvalue weighted by Crippen LogP contribution is -2.30. The molecule has 0 aliphatic heterocycles. The molecule has 0 heterocycles. The molecule has 0 aromatic heterocycles. The highest BCUT2D eigenvalue weighted by Gasteiger charge is 2.59. The van der Waals surface area contributed by atoms with Crippen LogP contribution in [0.3, 0.4) is 0 Å². The molecule has 0 rings (SSSR count). The first-order valence-electron chi connectivity index (χ1n) is 1.82. The summed E-state index contributed by atoms with van der Waals surface area (Å²) in [6, 6.07) is 0.